The standard InChI is InChI=1S/C18H20N4OS/c1-12(2)22(16-9-13(3)5-6-14(16)4)17(23)15-10-20-21(11-15)18-19-7-8-24-18/h5-12H,1-4H3. The maximum absolute atomic E-state index is 13.1. The molecule has 124 valence electrons. The van der Waals surface area contributed by atoms with E-state index in [1.54, 1.807) is 23.3 Å². The maximum Gasteiger partial charge on any atom is 0.261 e. The lowest BCUT2D eigenvalue weighted by molar-refractivity contribution is 0.0980. The number of nitrogens with zero attached hydrogens (tertiary/aromatic N) is 4. The second-order valence-corrected chi connectivity index (χ2v) is 6.92. The SMILES string of the molecule is Cc1ccc(C)c(N(C(=O)c2cnn(-c3nccs3)c2)C(C)C)c1. The smallest absolute Gasteiger partial charge is 0.261 e. The van der Waals surface area contributed by atoms with Crippen molar-refractivity contribution in [3.63, 3.8) is 0 Å². The summed E-state index contributed by atoms with van der Waals surface area (Å²) in [5.41, 5.74) is 3.71. The van der Waals surface area contributed by atoms with E-state index in [9.17, 15) is 4.79 Å². The number of thiazole rings is 1. The Hall–Kier alpha value is -2.47. The lowest BCUT2D eigenvalue weighted by Gasteiger charge is -2.28. The molecule has 0 fully saturated rings. The average molecular weight is 340 g/mol. The fourth-order valence-corrected chi connectivity index (χ4v) is 3.18. The summed E-state index contributed by atoms with van der Waals surface area (Å²) in [4.78, 5) is 19.1. The van der Waals surface area contributed by atoms with Crippen LogP contribution < -0.4 is 4.90 Å². The van der Waals surface area contributed by atoms with E-state index in [1.807, 2.05) is 44.0 Å². The molecule has 0 spiro atoms. The molecule has 5 nitrogen and oxygen atoms in total. The van der Waals surface area contributed by atoms with Crippen molar-refractivity contribution in [3.05, 3.63) is 58.9 Å². The third-order valence-electron chi connectivity index (χ3n) is 3.80. The van der Waals surface area contributed by atoms with Gasteiger partial charge in [-0.1, -0.05) is 12.1 Å². The van der Waals surface area contributed by atoms with Crippen LogP contribution in [0.3, 0.4) is 0 Å². The van der Waals surface area contributed by atoms with Crippen molar-refractivity contribution in [1.29, 1.82) is 0 Å². The Kier molecular flexibility index (Phi) is 4.49. The molecule has 0 radical (unpaired) electrons. The fraction of sp³-hybridized carbons (Fsp3) is 0.278. The number of rotatable bonds is 4. The largest absolute Gasteiger partial charge is 0.305 e. The molecule has 0 aliphatic rings. The van der Waals surface area contributed by atoms with Crippen LogP contribution in [0.15, 0.2) is 42.2 Å². The highest BCUT2D eigenvalue weighted by atomic mass is 32.1. The highest BCUT2D eigenvalue weighted by molar-refractivity contribution is 7.12. The van der Waals surface area contributed by atoms with Gasteiger partial charge in [0, 0.05) is 29.5 Å². The van der Waals surface area contributed by atoms with Crippen LogP contribution in [0.2, 0.25) is 0 Å². The molecule has 6 heteroatoms. The predicted molar refractivity (Wildman–Crippen MR) is 97.1 cm³/mol. The van der Waals surface area contributed by atoms with Crippen molar-refractivity contribution < 1.29 is 4.79 Å². The summed E-state index contributed by atoms with van der Waals surface area (Å²) in [5.74, 6) is -0.0542. The molecule has 1 amide bonds. The molecule has 3 rings (SSSR count). The molecular formula is C18H20N4OS. The topological polar surface area (TPSA) is 51.0 Å². The highest BCUT2D eigenvalue weighted by Gasteiger charge is 2.23. The van der Waals surface area contributed by atoms with E-state index in [0.717, 1.165) is 21.9 Å². The van der Waals surface area contributed by atoms with Crippen LogP contribution in [0.4, 0.5) is 5.69 Å². The van der Waals surface area contributed by atoms with Gasteiger partial charge in [0.1, 0.15) is 0 Å². The summed E-state index contributed by atoms with van der Waals surface area (Å²) in [5, 5.41) is 6.90. The number of carbonyl (C=O) groups is 1. The first-order valence-electron chi connectivity index (χ1n) is 7.82. The summed E-state index contributed by atoms with van der Waals surface area (Å²) in [6, 6.07) is 6.20. The van der Waals surface area contributed by atoms with Crippen LogP contribution in [0.25, 0.3) is 5.13 Å². The second-order valence-electron chi connectivity index (χ2n) is 6.05. The third-order valence-corrected chi connectivity index (χ3v) is 4.57. The van der Waals surface area contributed by atoms with E-state index < -0.39 is 0 Å². The molecular weight excluding hydrogens is 320 g/mol. The van der Waals surface area contributed by atoms with Gasteiger partial charge in [0.05, 0.1) is 11.8 Å². The molecule has 0 aliphatic heterocycles. The van der Waals surface area contributed by atoms with Crippen molar-refractivity contribution in [2.24, 2.45) is 0 Å². The minimum Gasteiger partial charge on any atom is -0.305 e. The molecule has 0 unspecified atom stereocenters. The normalized spacial score (nSPS) is 11.0. The van der Waals surface area contributed by atoms with Gasteiger partial charge in [-0.2, -0.15) is 5.10 Å². The van der Waals surface area contributed by atoms with Gasteiger partial charge in [-0.05, 0) is 44.9 Å². The van der Waals surface area contributed by atoms with Gasteiger partial charge in [0.25, 0.3) is 5.91 Å². The fourth-order valence-electron chi connectivity index (χ4n) is 2.61. The number of benzene rings is 1. The summed E-state index contributed by atoms with van der Waals surface area (Å²) in [6.45, 7) is 8.10. The Morgan fingerprint density at radius 1 is 1.29 bits per heavy atom. The van der Waals surface area contributed by atoms with Crippen molar-refractivity contribution in [3.8, 4) is 5.13 Å². The van der Waals surface area contributed by atoms with Gasteiger partial charge in [-0.15, -0.1) is 11.3 Å². The monoisotopic (exact) mass is 340 g/mol. The Labute approximate surface area is 145 Å². The number of hydrogen-bond acceptors (Lipinski definition) is 4. The molecule has 3 aromatic rings. The lowest BCUT2D eigenvalue weighted by atomic mass is 10.1. The van der Waals surface area contributed by atoms with Crippen LogP contribution in [0.1, 0.15) is 35.3 Å². The van der Waals surface area contributed by atoms with Gasteiger partial charge in [-0.3, -0.25) is 4.79 Å². The number of anilines is 1. The first kappa shape index (κ1) is 16.4. The van der Waals surface area contributed by atoms with E-state index in [4.69, 9.17) is 0 Å². The zero-order valence-electron chi connectivity index (χ0n) is 14.2. The Morgan fingerprint density at radius 3 is 2.75 bits per heavy atom. The predicted octanol–water partition coefficient (Wildman–Crippen LogP) is 4.00. The third kappa shape index (κ3) is 3.10. The molecule has 24 heavy (non-hydrogen) atoms. The van der Waals surface area contributed by atoms with E-state index in [0.29, 0.717) is 5.56 Å². The minimum absolute atomic E-state index is 0.0428. The maximum atomic E-state index is 13.1. The molecule has 0 aliphatic carbocycles. The first-order chi connectivity index (χ1) is 11.5. The Morgan fingerprint density at radius 2 is 2.08 bits per heavy atom. The van der Waals surface area contributed by atoms with E-state index >= 15 is 0 Å². The van der Waals surface area contributed by atoms with Gasteiger partial charge < -0.3 is 4.90 Å². The molecule has 0 N–H and O–H groups in total. The van der Waals surface area contributed by atoms with Gasteiger partial charge in [0.15, 0.2) is 0 Å². The number of aromatic nitrogens is 3. The highest BCUT2D eigenvalue weighted by Crippen LogP contribution is 2.26. The van der Waals surface area contributed by atoms with Crippen LogP contribution in [-0.2, 0) is 0 Å². The second kappa shape index (κ2) is 6.57. The average Bonchev–Trinajstić information content (AvgIpc) is 3.20. The van der Waals surface area contributed by atoms with Crippen LogP contribution in [0, 0.1) is 13.8 Å². The van der Waals surface area contributed by atoms with Crippen molar-refractivity contribution in [2.75, 3.05) is 4.90 Å². The molecule has 0 bridgehead atoms. The van der Waals surface area contributed by atoms with Gasteiger partial charge in [0.2, 0.25) is 5.13 Å². The number of hydrogen-bond donors (Lipinski definition) is 0. The number of amides is 1. The van der Waals surface area contributed by atoms with Gasteiger partial charge >= 0.3 is 0 Å². The summed E-state index contributed by atoms with van der Waals surface area (Å²) < 4.78 is 1.64. The van der Waals surface area contributed by atoms with E-state index in [2.05, 4.69) is 22.2 Å². The number of aryl methyl sites for hydroxylation is 2. The van der Waals surface area contributed by atoms with Crippen molar-refractivity contribution in [2.45, 2.75) is 33.7 Å². The lowest BCUT2D eigenvalue weighted by Crippen LogP contribution is -2.37. The van der Waals surface area contributed by atoms with Gasteiger partial charge in [-0.25, -0.2) is 9.67 Å². The van der Waals surface area contributed by atoms with Crippen molar-refractivity contribution >= 4 is 22.9 Å². The molecule has 2 heterocycles. The van der Waals surface area contributed by atoms with E-state index in [1.165, 1.54) is 11.3 Å². The molecule has 0 saturated carbocycles. The van der Waals surface area contributed by atoms with Crippen molar-refractivity contribution in [1.82, 2.24) is 14.8 Å². The quantitative estimate of drug-likeness (QED) is 0.721. The van der Waals surface area contributed by atoms with Crippen LogP contribution in [0.5, 0.6) is 0 Å². The van der Waals surface area contributed by atoms with E-state index in [-0.39, 0.29) is 11.9 Å². The zero-order valence-corrected chi connectivity index (χ0v) is 15.0. The molecule has 0 atom stereocenters. The number of carbonyl (C=O) groups excluding carboxylic acids is 1. The van der Waals surface area contributed by atoms with Crippen LogP contribution >= 0.6 is 11.3 Å². The molecule has 0 saturated heterocycles. The first-order valence-corrected chi connectivity index (χ1v) is 8.70. The summed E-state index contributed by atoms with van der Waals surface area (Å²) in [6.07, 6.45) is 5.06. The molecule has 2 aromatic heterocycles. The minimum atomic E-state index is -0.0542. The van der Waals surface area contributed by atoms with Crippen LogP contribution in [-0.4, -0.2) is 26.7 Å². The summed E-state index contributed by atoms with van der Waals surface area (Å²) >= 11 is 1.48. The zero-order chi connectivity index (χ0) is 17.3. The molecule has 1 aromatic carbocycles. The summed E-state index contributed by atoms with van der Waals surface area (Å²) in [7, 11) is 0. The Balaban J connectivity index is 1.97. The Bertz CT molecular complexity index is 852.